The van der Waals surface area contributed by atoms with Gasteiger partial charge in [-0.25, -0.2) is 14.6 Å². The van der Waals surface area contributed by atoms with Crippen molar-refractivity contribution in [1.82, 2.24) is 25.1 Å². The highest BCUT2D eigenvalue weighted by Crippen LogP contribution is 2.13. The maximum atomic E-state index is 4.44. The van der Waals surface area contributed by atoms with Gasteiger partial charge in [0, 0.05) is 29.6 Å². The van der Waals surface area contributed by atoms with Crippen LogP contribution in [0, 0.1) is 20.8 Å². The van der Waals surface area contributed by atoms with Crippen LogP contribution in [0.25, 0.3) is 5.82 Å². The van der Waals surface area contributed by atoms with Crippen molar-refractivity contribution in [3.63, 3.8) is 0 Å². The number of hydrogen-bond donors (Lipinski definition) is 1. The summed E-state index contributed by atoms with van der Waals surface area (Å²) < 4.78 is 1.88. The minimum absolute atomic E-state index is 0.774. The van der Waals surface area contributed by atoms with Gasteiger partial charge in [0.05, 0.1) is 6.20 Å². The van der Waals surface area contributed by atoms with Crippen LogP contribution in [0.1, 0.15) is 36.1 Å². The summed E-state index contributed by atoms with van der Waals surface area (Å²) in [6.07, 6.45) is 3.04. The fourth-order valence-electron chi connectivity index (χ4n) is 2.05. The number of nitrogens with zero attached hydrogens (tertiary/aromatic N) is 4. The molecule has 5 nitrogen and oxygen atoms in total. The molecule has 0 aromatic carbocycles. The van der Waals surface area contributed by atoms with Gasteiger partial charge in [0.2, 0.25) is 0 Å². The van der Waals surface area contributed by atoms with Gasteiger partial charge in [-0.1, -0.05) is 6.92 Å². The van der Waals surface area contributed by atoms with E-state index < -0.39 is 0 Å². The van der Waals surface area contributed by atoms with Crippen LogP contribution >= 0.6 is 0 Å². The maximum absolute atomic E-state index is 4.44. The highest BCUT2D eigenvalue weighted by atomic mass is 15.3. The minimum Gasteiger partial charge on any atom is -0.313 e. The van der Waals surface area contributed by atoms with Crippen molar-refractivity contribution in [3.8, 4) is 5.82 Å². The molecule has 5 heteroatoms. The second-order valence-corrected chi connectivity index (χ2v) is 4.76. The van der Waals surface area contributed by atoms with E-state index in [0.717, 1.165) is 42.5 Å². The molecule has 102 valence electrons. The molecular formula is C14H21N5. The average Bonchev–Trinajstić information content (AvgIpc) is 2.70. The zero-order valence-electron chi connectivity index (χ0n) is 12.1. The summed E-state index contributed by atoms with van der Waals surface area (Å²) in [5.74, 6) is 1.61. The molecule has 2 heterocycles. The van der Waals surface area contributed by atoms with Crippen LogP contribution in [0.5, 0.6) is 0 Å². The van der Waals surface area contributed by atoms with Crippen molar-refractivity contribution in [2.24, 2.45) is 0 Å². The fraction of sp³-hybridized carbons (Fsp3) is 0.500. The number of nitrogens with one attached hydrogen (secondary N) is 1. The second kappa shape index (κ2) is 5.93. The highest BCUT2D eigenvalue weighted by Gasteiger charge is 2.09. The van der Waals surface area contributed by atoms with E-state index in [2.05, 4.69) is 34.2 Å². The Bertz CT molecular complexity index is 539. The van der Waals surface area contributed by atoms with Crippen LogP contribution in [-0.4, -0.2) is 26.3 Å². The SMILES string of the molecule is CCCNCc1cnn(-c2cc(C)nc(C)n2)c1C. The van der Waals surface area contributed by atoms with Crippen molar-refractivity contribution in [3.05, 3.63) is 35.0 Å². The summed E-state index contributed by atoms with van der Waals surface area (Å²) in [5.41, 5.74) is 3.30. The first-order valence-electron chi connectivity index (χ1n) is 6.68. The topological polar surface area (TPSA) is 55.6 Å². The quantitative estimate of drug-likeness (QED) is 0.835. The molecule has 19 heavy (non-hydrogen) atoms. The molecule has 0 saturated carbocycles. The van der Waals surface area contributed by atoms with E-state index in [9.17, 15) is 0 Å². The van der Waals surface area contributed by atoms with E-state index in [1.807, 2.05) is 30.8 Å². The molecular weight excluding hydrogens is 238 g/mol. The average molecular weight is 259 g/mol. The molecule has 0 atom stereocenters. The van der Waals surface area contributed by atoms with Crippen LogP contribution in [0.15, 0.2) is 12.3 Å². The van der Waals surface area contributed by atoms with E-state index in [4.69, 9.17) is 0 Å². The van der Waals surface area contributed by atoms with Gasteiger partial charge in [0.1, 0.15) is 5.82 Å². The molecule has 0 amide bonds. The Morgan fingerprint density at radius 2 is 2.00 bits per heavy atom. The number of aromatic nitrogens is 4. The zero-order valence-corrected chi connectivity index (χ0v) is 12.1. The minimum atomic E-state index is 0.774. The van der Waals surface area contributed by atoms with Gasteiger partial charge in [-0.15, -0.1) is 0 Å². The number of hydrogen-bond acceptors (Lipinski definition) is 4. The smallest absolute Gasteiger partial charge is 0.157 e. The lowest BCUT2D eigenvalue weighted by atomic mass is 10.2. The standard InChI is InChI=1S/C14H21N5/c1-5-6-15-8-13-9-16-19(11(13)3)14-7-10(2)17-12(4)18-14/h7,9,15H,5-6,8H2,1-4H3. The van der Waals surface area contributed by atoms with Crippen LogP contribution in [0.3, 0.4) is 0 Å². The first-order valence-corrected chi connectivity index (χ1v) is 6.68. The van der Waals surface area contributed by atoms with Crippen molar-refractivity contribution in [2.45, 2.75) is 40.7 Å². The summed E-state index contributed by atoms with van der Waals surface area (Å²) in [6, 6.07) is 1.95. The number of aryl methyl sites for hydroxylation is 2. The van der Waals surface area contributed by atoms with E-state index >= 15 is 0 Å². The van der Waals surface area contributed by atoms with E-state index in [1.165, 1.54) is 5.56 Å². The summed E-state index contributed by atoms with van der Waals surface area (Å²) in [4.78, 5) is 8.74. The van der Waals surface area contributed by atoms with Gasteiger partial charge in [-0.2, -0.15) is 5.10 Å². The van der Waals surface area contributed by atoms with Gasteiger partial charge >= 0.3 is 0 Å². The molecule has 0 radical (unpaired) electrons. The zero-order chi connectivity index (χ0) is 13.8. The third-order valence-corrected chi connectivity index (χ3v) is 3.02. The molecule has 0 bridgehead atoms. The summed E-state index contributed by atoms with van der Waals surface area (Å²) in [6.45, 7) is 9.98. The van der Waals surface area contributed by atoms with Crippen LogP contribution < -0.4 is 5.32 Å². The van der Waals surface area contributed by atoms with Gasteiger partial charge in [-0.3, -0.25) is 0 Å². The first kappa shape index (κ1) is 13.7. The second-order valence-electron chi connectivity index (χ2n) is 4.76. The fourth-order valence-corrected chi connectivity index (χ4v) is 2.05. The first-order chi connectivity index (χ1) is 9.11. The molecule has 0 unspecified atom stereocenters. The van der Waals surface area contributed by atoms with E-state index in [1.54, 1.807) is 0 Å². The Labute approximate surface area is 114 Å². The molecule has 0 saturated heterocycles. The predicted octanol–water partition coefficient (Wildman–Crippen LogP) is 2.09. The maximum Gasteiger partial charge on any atom is 0.157 e. The van der Waals surface area contributed by atoms with Crippen molar-refractivity contribution < 1.29 is 0 Å². The third kappa shape index (κ3) is 3.17. The van der Waals surface area contributed by atoms with Crippen LogP contribution in [-0.2, 0) is 6.54 Å². The predicted molar refractivity (Wildman–Crippen MR) is 75.4 cm³/mol. The molecule has 2 aromatic rings. The Balaban J connectivity index is 2.25. The summed E-state index contributed by atoms with van der Waals surface area (Å²) in [5, 5.41) is 7.83. The van der Waals surface area contributed by atoms with Crippen LogP contribution in [0.2, 0.25) is 0 Å². The molecule has 1 N–H and O–H groups in total. The van der Waals surface area contributed by atoms with Crippen LogP contribution in [0.4, 0.5) is 0 Å². The molecule has 0 spiro atoms. The largest absolute Gasteiger partial charge is 0.313 e. The van der Waals surface area contributed by atoms with Gasteiger partial charge in [0.25, 0.3) is 0 Å². The Morgan fingerprint density at radius 1 is 1.21 bits per heavy atom. The summed E-state index contributed by atoms with van der Waals surface area (Å²) >= 11 is 0. The lowest BCUT2D eigenvalue weighted by Crippen LogP contribution is -2.14. The van der Waals surface area contributed by atoms with E-state index in [-0.39, 0.29) is 0 Å². The molecule has 0 fully saturated rings. The van der Waals surface area contributed by atoms with Crippen molar-refractivity contribution >= 4 is 0 Å². The monoisotopic (exact) mass is 259 g/mol. The molecule has 2 aromatic heterocycles. The van der Waals surface area contributed by atoms with Gasteiger partial charge in [-0.05, 0) is 33.7 Å². The lowest BCUT2D eigenvalue weighted by Gasteiger charge is -2.07. The molecule has 2 rings (SSSR count). The van der Waals surface area contributed by atoms with Gasteiger partial charge < -0.3 is 5.32 Å². The van der Waals surface area contributed by atoms with Crippen molar-refractivity contribution in [1.29, 1.82) is 0 Å². The Hall–Kier alpha value is -1.75. The Morgan fingerprint density at radius 3 is 2.68 bits per heavy atom. The number of rotatable bonds is 5. The van der Waals surface area contributed by atoms with Crippen molar-refractivity contribution in [2.75, 3.05) is 6.54 Å². The van der Waals surface area contributed by atoms with Gasteiger partial charge in [0.15, 0.2) is 5.82 Å². The molecule has 0 aliphatic carbocycles. The Kier molecular flexibility index (Phi) is 4.27. The normalized spacial score (nSPS) is 10.9. The third-order valence-electron chi connectivity index (χ3n) is 3.02. The molecule has 0 aliphatic rings. The highest BCUT2D eigenvalue weighted by molar-refractivity contribution is 5.29. The van der Waals surface area contributed by atoms with E-state index in [0.29, 0.717) is 0 Å². The lowest BCUT2D eigenvalue weighted by molar-refractivity contribution is 0.672. The molecule has 0 aliphatic heterocycles. The summed E-state index contributed by atoms with van der Waals surface area (Å²) in [7, 11) is 0.